The summed E-state index contributed by atoms with van der Waals surface area (Å²) in [5, 5.41) is 0.788. The van der Waals surface area contributed by atoms with Crippen LogP contribution in [0.15, 0.2) is 29.3 Å². The topological polar surface area (TPSA) is 0 Å². The summed E-state index contributed by atoms with van der Waals surface area (Å²) in [6, 6.07) is 5.90. The molecule has 0 aliphatic rings. The van der Waals surface area contributed by atoms with Crippen molar-refractivity contribution < 1.29 is 0 Å². The largest absolute Gasteiger partial charge is 0.0885 e. The minimum atomic E-state index is 0.788. The molecule has 0 spiro atoms. The van der Waals surface area contributed by atoms with Crippen LogP contribution in [0.3, 0.4) is 0 Å². The Morgan fingerprint density at radius 2 is 2.25 bits per heavy atom. The Hall–Kier alpha value is -0.270. The lowest BCUT2D eigenvalue weighted by Gasteiger charge is -2.04. The molecule has 0 saturated carbocycles. The highest BCUT2D eigenvalue weighted by atomic mass is 79.9. The summed E-state index contributed by atoms with van der Waals surface area (Å²) < 4.78 is 0.993. The number of halogens is 2. The van der Waals surface area contributed by atoms with Crippen molar-refractivity contribution in [1.29, 1.82) is 0 Å². The van der Waals surface area contributed by atoms with Crippen molar-refractivity contribution in [2.45, 2.75) is 13.3 Å². The monoisotopic (exact) mass is 244 g/mol. The van der Waals surface area contributed by atoms with E-state index in [0.717, 1.165) is 15.9 Å². The fraction of sp³-hybridized carbons (Fsp3) is 0.200. The van der Waals surface area contributed by atoms with Crippen LogP contribution in [0.4, 0.5) is 0 Å². The van der Waals surface area contributed by atoms with Crippen LogP contribution in [0.25, 0.3) is 0 Å². The van der Waals surface area contributed by atoms with Crippen LogP contribution in [0.1, 0.15) is 11.1 Å². The van der Waals surface area contributed by atoms with Crippen molar-refractivity contribution in [2.75, 3.05) is 0 Å². The van der Waals surface area contributed by atoms with Gasteiger partial charge >= 0.3 is 0 Å². The van der Waals surface area contributed by atoms with Gasteiger partial charge in [-0.3, -0.25) is 0 Å². The predicted octanol–water partition coefficient (Wildman–Crippen LogP) is 4.10. The van der Waals surface area contributed by atoms with Crippen LogP contribution in [-0.2, 0) is 6.42 Å². The molecule has 0 nitrogen and oxygen atoms in total. The normalized spacial score (nSPS) is 9.92. The molecule has 0 amide bonds. The molecule has 1 rings (SSSR count). The second-order valence-electron chi connectivity index (χ2n) is 2.76. The van der Waals surface area contributed by atoms with Crippen molar-refractivity contribution >= 4 is 27.5 Å². The van der Waals surface area contributed by atoms with E-state index in [9.17, 15) is 0 Å². The van der Waals surface area contributed by atoms with Gasteiger partial charge in [0.15, 0.2) is 0 Å². The van der Waals surface area contributed by atoms with Crippen molar-refractivity contribution in [3.05, 3.63) is 45.4 Å². The minimum Gasteiger partial charge on any atom is -0.0885 e. The molecule has 0 atom stereocenters. The van der Waals surface area contributed by atoms with E-state index in [1.165, 1.54) is 11.1 Å². The Morgan fingerprint density at radius 3 is 2.75 bits per heavy atom. The lowest BCUT2D eigenvalue weighted by Crippen LogP contribution is -1.87. The second kappa shape index (κ2) is 4.11. The average molecular weight is 246 g/mol. The van der Waals surface area contributed by atoms with E-state index < -0.39 is 0 Å². The summed E-state index contributed by atoms with van der Waals surface area (Å²) in [5.74, 6) is 0. The Bertz CT molecular complexity index is 305. The molecule has 1 aromatic carbocycles. The Labute approximate surface area is 86.4 Å². The van der Waals surface area contributed by atoms with Gasteiger partial charge in [-0.05, 0) is 34.7 Å². The standard InChI is InChI=1S/C10H10BrCl/c1-7-5-10(12)4-3-9(7)6-8(2)11/h3-5H,2,6H2,1H3. The summed E-state index contributed by atoms with van der Waals surface area (Å²) in [4.78, 5) is 0. The van der Waals surface area contributed by atoms with E-state index in [-0.39, 0.29) is 0 Å². The quantitative estimate of drug-likeness (QED) is 0.736. The smallest absolute Gasteiger partial charge is 0.0408 e. The third-order valence-electron chi connectivity index (χ3n) is 1.69. The van der Waals surface area contributed by atoms with Crippen LogP contribution >= 0.6 is 27.5 Å². The van der Waals surface area contributed by atoms with Gasteiger partial charge in [-0.25, -0.2) is 0 Å². The molecule has 0 saturated heterocycles. The zero-order valence-corrected chi connectivity index (χ0v) is 9.24. The fourth-order valence-corrected chi connectivity index (χ4v) is 1.59. The van der Waals surface area contributed by atoms with Crippen molar-refractivity contribution in [3.63, 3.8) is 0 Å². The molecule has 2 heteroatoms. The Balaban J connectivity index is 2.93. The lowest BCUT2D eigenvalue weighted by molar-refractivity contribution is 1.21. The first-order chi connectivity index (χ1) is 5.59. The maximum atomic E-state index is 5.82. The maximum absolute atomic E-state index is 5.82. The summed E-state index contributed by atoms with van der Waals surface area (Å²) in [6.07, 6.45) is 0.864. The van der Waals surface area contributed by atoms with Gasteiger partial charge in [-0.1, -0.05) is 40.2 Å². The SMILES string of the molecule is C=C(Br)Cc1ccc(Cl)cc1C. The zero-order valence-electron chi connectivity index (χ0n) is 6.90. The van der Waals surface area contributed by atoms with Gasteiger partial charge in [-0.15, -0.1) is 0 Å². The van der Waals surface area contributed by atoms with Gasteiger partial charge in [0.1, 0.15) is 0 Å². The number of rotatable bonds is 2. The van der Waals surface area contributed by atoms with Crippen LogP contribution in [0, 0.1) is 6.92 Å². The van der Waals surface area contributed by atoms with Crippen LogP contribution < -0.4 is 0 Å². The molecule has 0 unspecified atom stereocenters. The molecule has 0 aliphatic heterocycles. The number of hydrogen-bond donors (Lipinski definition) is 0. The molecule has 1 aromatic rings. The number of aryl methyl sites for hydroxylation is 1. The van der Waals surface area contributed by atoms with Gasteiger partial charge in [0.25, 0.3) is 0 Å². The highest BCUT2D eigenvalue weighted by Gasteiger charge is 1.99. The molecule has 0 bridgehead atoms. The van der Waals surface area contributed by atoms with E-state index >= 15 is 0 Å². The van der Waals surface area contributed by atoms with Crippen LogP contribution in [0.5, 0.6) is 0 Å². The fourth-order valence-electron chi connectivity index (χ4n) is 1.06. The maximum Gasteiger partial charge on any atom is 0.0408 e. The van der Waals surface area contributed by atoms with Gasteiger partial charge in [-0.2, -0.15) is 0 Å². The van der Waals surface area contributed by atoms with Crippen LogP contribution in [0.2, 0.25) is 5.02 Å². The van der Waals surface area contributed by atoms with Crippen molar-refractivity contribution in [2.24, 2.45) is 0 Å². The highest BCUT2D eigenvalue weighted by Crippen LogP contribution is 2.19. The number of hydrogen-bond acceptors (Lipinski definition) is 0. The molecule has 0 N–H and O–H groups in total. The highest BCUT2D eigenvalue weighted by molar-refractivity contribution is 9.11. The summed E-state index contributed by atoms with van der Waals surface area (Å²) in [5.41, 5.74) is 2.48. The molecule has 0 aromatic heterocycles. The number of benzene rings is 1. The minimum absolute atomic E-state index is 0.788. The average Bonchev–Trinajstić information content (AvgIpc) is 1.94. The second-order valence-corrected chi connectivity index (χ2v) is 4.32. The third kappa shape index (κ3) is 2.65. The zero-order chi connectivity index (χ0) is 9.14. The van der Waals surface area contributed by atoms with Gasteiger partial charge in [0, 0.05) is 11.4 Å². The Morgan fingerprint density at radius 1 is 1.58 bits per heavy atom. The van der Waals surface area contributed by atoms with Crippen molar-refractivity contribution in [3.8, 4) is 0 Å². The van der Waals surface area contributed by atoms with E-state index in [2.05, 4.69) is 29.4 Å². The molecule has 0 radical (unpaired) electrons. The van der Waals surface area contributed by atoms with E-state index in [1.807, 2.05) is 18.2 Å². The molecule has 64 valence electrons. The van der Waals surface area contributed by atoms with E-state index in [0.29, 0.717) is 0 Å². The van der Waals surface area contributed by atoms with Gasteiger partial charge in [0.05, 0.1) is 0 Å². The Kier molecular flexibility index (Phi) is 3.36. The summed E-state index contributed by atoms with van der Waals surface area (Å²) >= 11 is 9.16. The molecule has 12 heavy (non-hydrogen) atoms. The lowest BCUT2D eigenvalue weighted by atomic mass is 10.1. The molecule has 0 aliphatic carbocycles. The van der Waals surface area contributed by atoms with Crippen molar-refractivity contribution in [1.82, 2.24) is 0 Å². The first kappa shape index (κ1) is 9.82. The number of allylic oxidation sites excluding steroid dienone is 1. The predicted molar refractivity (Wildman–Crippen MR) is 58.0 cm³/mol. The molecular formula is C10H10BrCl. The first-order valence-corrected chi connectivity index (χ1v) is 4.85. The van der Waals surface area contributed by atoms with E-state index in [1.54, 1.807) is 0 Å². The van der Waals surface area contributed by atoms with Gasteiger partial charge in [0.2, 0.25) is 0 Å². The molecule has 0 heterocycles. The van der Waals surface area contributed by atoms with E-state index in [4.69, 9.17) is 11.6 Å². The summed E-state index contributed by atoms with van der Waals surface area (Å²) in [7, 11) is 0. The van der Waals surface area contributed by atoms with Crippen LogP contribution in [-0.4, -0.2) is 0 Å². The third-order valence-corrected chi connectivity index (χ3v) is 2.20. The first-order valence-electron chi connectivity index (χ1n) is 3.68. The molecular weight excluding hydrogens is 235 g/mol. The van der Waals surface area contributed by atoms with Gasteiger partial charge < -0.3 is 0 Å². The molecule has 0 fully saturated rings. The summed E-state index contributed by atoms with van der Waals surface area (Å²) in [6.45, 7) is 5.85.